The van der Waals surface area contributed by atoms with Gasteiger partial charge in [0, 0.05) is 0 Å². The number of rotatable bonds is 2. The normalized spacial score (nSPS) is 12.0. The summed E-state index contributed by atoms with van der Waals surface area (Å²) in [5, 5.41) is 9.56. The summed E-state index contributed by atoms with van der Waals surface area (Å²) in [6, 6.07) is 29.3. The lowest BCUT2D eigenvalue weighted by Gasteiger charge is -2.14. The molecule has 0 unspecified atom stereocenters. The summed E-state index contributed by atoms with van der Waals surface area (Å²) < 4.78 is 0. The Balaban J connectivity index is 1.84. The molecule has 0 bridgehead atoms. The van der Waals surface area contributed by atoms with Crippen LogP contribution in [0, 0.1) is 0 Å². The van der Waals surface area contributed by atoms with E-state index in [0.717, 1.165) is 0 Å². The lowest BCUT2D eigenvalue weighted by molar-refractivity contribution is 1.69. The molecular weight excluding hydrogens is 319 g/mol. The maximum atomic E-state index is 2.31. The summed E-state index contributed by atoms with van der Waals surface area (Å²) in [5.74, 6) is 0. The third kappa shape index (κ3) is 2.25. The third-order valence-electron chi connectivity index (χ3n) is 5.22. The van der Waals surface area contributed by atoms with Gasteiger partial charge in [-0.15, -0.1) is 0 Å². The molecule has 0 spiro atoms. The van der Waals surface area contributed by atoms with Crippen molar-refractivity contribution in [3.63, 3.8) is 0 Å². The first-order valence-corrected chi connectivity index (χ1v) is 10.9. The highest BCUT2D eigenvalue weighted by Crippen LogP contribution is 2.39. The van der Waals surface area contributed by atoms with Gasteiger partial charge in [-0.25, -0.2) is 0 Å². The summed E-state index contributed by atoms with van der Waals surface area (Å²) in [6.07, 6.45) is 0. The molecule has 0 atom stereocenters. The van der Waals surface area contributed by atoms with Gasteiger partial charge >= 0.3 is 0 Å². The molecule has 5 aromatic rings. The average molecular weight is 338 g/mol. The Bertz CT molecular complexity index is 1180. The Kier molecular flexibility index (Phi) is 3.30. The van der Waals surface area contributed by atoms with Crippen LogP contribution in [0.3, 0.4) is 0 Å². The Morgan fingerprint density at radius 2 is 1.16 bits per heavy atom. The van der Waals surface area contributed by atoms with Crippen molar-refractivity contribution in [3.05, 3.63) is 78.9 Å². The fourth-order valence-electron chi connectivity index (χ4n) is 3.93. The summed E-state index contributed by atoms with van der Waals surface area (Å²) in [6.45, 7) is 4.61. The van der Waals surface area contributed by atoms with Crippen LogP contribution in [-0.2, 0) is 0 Å². The van der Waals surface area contributed by atoms with E-state index in [1.165, 1.54) is 48.7 Å². The molecule has 25 heavy (non-hydrogen) atoms. The molecule has 0 radical (unpaired) electrons. The quantitative estimate of drug-likeness (QED) is 0.251. The van der Waals surface area contributed by atoms with Crippen molar-refractivity contribution in [1.29, 1.82) is 0 Å². The molecule has 120 valence electrons. The molecule has 5 aromatic carbocycles. The van der Waals surface area contributed by atoms with E-state index < -0.39 is 0 Å². The third-order valence-corrected chi connectivity index (χ3v) is 6.55. The van der Waals surface area contributed by atoms with Gasteiger partial charge in [-0.05, 0) is 62.1 Å². The van der Waals surface area contributed by atoms with Crippen molar-refractivity contribution in [2.75, 3.05) is 13.3 Å². The van der Waals surface area contributed by atoms with Gasteiger partial charge in [0.25, 0.3) is 0 Å². The van der Waals surface area contributed by atoms with Crippen molar-refractivity contribution in [2.24, 2.45) is 0 Å². The van der Waals surface area contributed by atoms with E-state index in [1.807, 2.05) is 0 Å². The van der Waals surface area contributed by atoms with E-state index in [1.54, 1.807) is 0 Å². The molecule has 0 heterocycles. The van der Waals surface area contributed by atoms with Crippen LogP contribution in [0.1, 0.15) is 0 Å². The molecule has 0 nitrogen and oxygen atoms in total. The topological polar surface area (TPSA) is 0 Å². The molecule has 0 saturated heterocycles. The van der Waals surface area contributed by atoms with Crippen molar-refractivity contribution in [1.82, 2.24) is 0 Å². The molecule has 0 aromatic heterocycles. The Morgan fingerprint density at radius 1 is 0.560 bits per heavy atom. The zero-order valence-electron chi connectivity index (χ0n) is 14.5. The SMILES string of the molecule is CP(C)c1ccc(-c2ccc3ccc4cccc5ccc2c3c45)cc1. The molecule has 0 amide bonds. The molecule has 0 aliphatic heterocycles. The van der Waals surface area contributed by atoms with E-state index in [0.29, 0.717) is 0 Å². The van der Waals surface area contributed by atoms with Crippen molar-refractivity contribution >= 4 is 45.5 Å². The summed E-state index contributed by atoms with van der Waals surface area (Å²) in [5.41, 5.74) is 2.63. The molecule has 5 rings (SSSR count). The van der Waals surface area contributed by atoms with Crippen LogP contribution >= 0.6 is 7.92 Å². The summed E-state index contributed by atoms with van der Waals surface area (Å²) in [7, 11) is -0.0444. The highest BCUT2D eigenvalue weighted by Gasteiger charge is 2.11. The van der Waals surface area contributed by atoms with E-state index in [4.69, 9.17) is 0 Å². The monoisotopic (exact) mass is 338 g/mol. The fraction of sp³-hybridized carbons (Fsp3) is 0.0833. The second-order valence-corrected chi connectivity index (χ2v) is 9.22. The van der Waals surface area contributed by atoms with Crippen molar-refractivity contribution in [2.45, 2.75) is 0 Å². The van der Waals surface area contributed by atoms with Crippen LogP contribution in [0.2, 0.25) is 0 Å². The van der Waals surface area contributed by atoms with Crippen LogP contribution in [0.5, 0.6) is 0 Å². The lowest BCUT2D eigenvalue weighted by atomic mass is 9.90. The van der Waals surface area contributed by atoms with E-state index in [2.05, 4.69) is 92.2 Å². The van der Waals surface area contributed by atoms with Gasteiger partial charge in [0.05, 0.1) is 0 Å². The molecule has 0 aliphatic carbocycles. The predicted octanol–water partition coefficient (Wildman–Crippen LogP) is 6.62. The minimum atomic E-state index is -0.0444. The second-order valence-electron chi connectivity index (χ2n) is 6.91. The second kappa shape index (κ2) is 5.55. The van der Waals surface area contributed by atoms with E-state index >= 15 is 0 Å². The molecule has 1 heteroatoms. The first-order chi connectivity index (χ1) is 12.2. The molecule has 0 aliphatic rings. The lowest BCUT2D eigenvalue weighted by Crippen LogP contribution is -1.97. The molecule has 0 saturated carbocycles. The summed E-state index contributed by atoms with van der Waals surface area (Å²) >= 11 is 0. The smallest absolute Gasteiger partial charge is 0.00206 e. The van der Waals surface area contributed by atoms with Crippen LogP contribution in [0.15, 0.2) is 78.9 Å². The van der Waals surface area contributed by atoms with Gasteiger partial charge < -0.3 is 0 Å². The molecular formula is C24H19P. The minimum absolute atomic E-state index is 0.0444. The van der Waals surface area contributed by atoms with Crippen LogP contribution < -0.4 is 5.30 Å². The average Bonchev–Trinajstić information content (AvgIpc) is 2.66. The predicted molar refractivity (Wildman–Crippen MR) is 114 cm³/mol. The van der Waals surface area contributed by atoms with Gasteiger partial charge in [0.15, 0.2) is 0 Å². The van der Waals surface area contributed by atoms with Crippen molar-refractivity contribution in [3.8, 4) is 11.1 Å². The highest BCUT2D eigenvalue weighted by atomic mass is 31.1. The first-order valence-electron chi connectivity index (χ1n) is 8.67. The van der Waals surface area contributed by atoms with Gasteiger partial charge in [0.2, 0.25) is 0 Å². The van der Waals surface area contributed by atoms with Gasteiger partial charge in [0.1, 0.15) is 0 Å². The van der Waals surface area contributed by atoms with Gasteiger partial charge in [-0.2, -0.15) is 0 Å². The molecule has 0 fully saturated rings. The van der Waals surface area contributed by atoms with Gasteiger partial charge in [-0.1, -0.05) is 86.8 Å². The fourth-order valence-corrected chi connectivity index (χ4v) is 4.67. The van der Waals surface area contributed by atoms with E-state index in [-0.39, 0.29) is 7.92 Å². The number of hydrogen-bond donors (Lipinski definition) is 0. The maximum absolute atomic E-state index is 2.31. The maximum Gasteiger partial charge on any atom is -0.00206 e. The number of benzene rings is 5. The van der Waals surface area contributed by atoms with Crippen LogP contribution in [-0.4, -0.2) is 13.3 Å². The standard InChI is InChI=1S/C24H19P/c1-25(2)20-12-8-16(9-13-20)21-14-10-19-7-6-17-4-3-5-18-11-15-22(21)24(19)23(17)18/h3-15H,1-2H3. The highest BCUT2D eigenvalue weighted by molar-refractivity contribution is 7.64. The Hall–Kier alpha value is -2.43. The van der Waals surface area contributed by atoms with Gasteiger partial charge in [-0.3, -0.25) is 0 Å². The number of hydrogen-bond acceptors (Lipinski definition) is 0. The zero-order chi connectivity index (χ0) is 17.0. The van der Waals surface area contributed by atoms with Crippen LogP contribution in [0.4, 0.5) is 0 Å². The zero-order valence-corrected chi connectivity index (χ0v) is 15.3. The van der Waals surface area contributed by atoms with Crippen molar-refractivity contribution < 1.29 is 0 Å². The Morgan fingerprint density at radius 3 is 1.84 bits per heavy atom. The Labute approximate surface area is 149 Å². The van der Waals surface area contributed by atoms with E-state index in [9.17, 15) is 0 Å². The minimum Gasteiger partial charge on any atom is -0.0817 e. The summed E-state index contributed by atoms with van der Waals surface area (Å²) in [4.78, 5) is 0. The first kappa shape index (κ1) is 14.9. The van der Waals surface area contributed by atoms with Crippen LogP contribution in [0.25, 0.3) is 43.4 Å². The largest absolute Gasteiger partial charge is 0.0817 e. The molecule has 0 N–H and O–H groups in total.